The second-order valence-corrected chi connectivity index (χ2v) is 6.10. The van der Waals surface area contributed by atoms with Crippen molar-refractivity contribution in [1.82, 2.24) is 14.9 Å². The fourth-order valence-electron chi connectivity index (χ4n) is 2.86. The number of likely N-dealkylation sites (tertiary alicyclic amines) is 1. The van der Waals surface area contributed by atoms with Crippen LogP contribution in [0.2, 0.25) is 0 Å². The van der Waals surface area contributed by atoms with Crippen LogP contribution in [0, 0.1) is 18.3 Å². The van der Waals surface area contributed by atoms with Gasteiger partial charge in [0.25, 0.3) is 11.8 Å². The SMILES string of the molecule is Cc1ccccc1OCC(=O)N1CCCC(Oc2nccnc2C#N)C1. The molecule has 0 N–H and O–H groups in total. The van der Waals surface area contributed by atoms with Gasteiger partial charge >= 0.3 is 0 Å². The van der Waals surface area contributed by atoms with Gasteiger partial charge in [0, 0.05) is 18.9 Å². The molecule has 2 aromatic rings. The first kappa shape index (κ1) is 17.7. The molecule has 0 saturated carbocycles. The van der Waals surface area contributed by atoms with E-state index in [1.807, 2.05) is 37.3 Å². The molecule has 1 amide bonds. The van der Waals surface area contributed by atoms with Crippen LogP contribution in [-0.2, 0) is 4.79 Å². The molecule has 7 heteroatoms. The zero-order valence-electron chi connectivity index (χ0n) is 14.6. The molecule has 1 aromatic carbocycles. The summed E-state index contributed by atoms with van der Waals surface area (Å²) in [7, 11) is 0. The molecule has 0 aliphatic carbocycles. The van der Waals surface area contributed by atoms with E-state index in [0.717, 1.165) is 18.4 Å². The molecule has 1 aliphatic heterocycles. The lowest BCUT2D eigenvalue weighted by Gasteiger charge is -2.32. The minimum atomic E-state index is -0.213. The Labute approximate surface area is 152 Å². The minimum Gasteiger partial charge on any atom is -0.484 e. The van der Waals surface area contributed by atoms with E-state index in [9.17, 15) is 4.79 Å². The Morgan fingerprint density at radius 2 is 2.15 bits per heavy atom. The van der Waals surface area contributed by atoms with Gasteiger partial charge < -0.3 is 14.4 Å². The first-order chi connectivity index (χ1) is 12.7. The fourth-order valence-corrected chi connectivity index (χ4v) is 2.86. The molecule has 134 valence electrons. The molecule has 0 spiro atoms. The molecule has 1 atom stereocenters. The number of hydrogen-bond acceptors (Lipinski definition) is 6. The molecule has 3 rings (SSSR count). The first-order valence-corrected chi connectivity index (χ1v) is 8.51. The van der Waals surface area contributed by atoms with Crippen LogP contribution in [0.4, 0.5) is 0 Å². The summed E-state index contributed by atoms with van der Waals surface area (Å²) in [6.07, 6.45) is 4.34. The van der Waals surface area contributed by atoms with E-state index in [2.05, 4.69) is 9.97 Å². The number of amides is 1. The molecule has 0 bridgehead atoms. The van der Waals surface area contributed by atoms with Crippen LogP contribution in [0.25, 0.3) is 0 Å². The topological polar surface area (TPSA) is 88.3 Å². The number of nitrogens with zero attached hydrogens (tertiary/aromatic N) is 4. The zero-order chi connectivity index (χ0) is 18.4. The third-order valence-electron chi connectivity index (χ3n) is 4.22. The highest BCUT2D eigenvalue weighted by atomic mass is 16.5. The Morgan fingerprint density at radius 3 is 2.96 bits per heavy atom. The van der Waals surface area contributed by atoms with Crippen molar-refractivity contribution in [3.8, 4) is 17.7 Å². The predicted molar refractivity (Wildman–Crippen MR) is 93.7 cm³/mol. The maximum atomic E-state index is 12.5. The average molecular weight is 352 g/mol. The molecular weight excluding hydrogens is 332 g/mol. The van der Waals surface area contributed by atoms with Crippen LogP contribution in [0.15, 0.2) is 36.7 Å². The third kappa shape index (κ3) is 4.28. The van der Waals surface area contributed by atoms with Gasteiger partial charge in [-0.05, 0) is 31.4 Å². The van der Waals surface area contributed by atoms with Gasteiger partial charge in [0.15, 0.2) is 6.61 Å². The van der Waals surface area contributed by atoms with Crippen molar-refractivity contribution in [2.75, 3.05) is 19.7 Å². The largest absolute Gasteiger partial charge is 0.484 e. The van der Waals surface area contributed by atoms with Crippen LogP contribution >= 0.6 is 0 Å². The number of rotatable bonds is 5. The molecule has 0 radical (unpaired) electrons. The molecule has 1 saturated heterocycles. The number of hydrogen-bond donors (Lipinski definition) is 0. The van der Waals surface area contributed by atoms with Crippen molar-refractivity contribution in [2.24, 2.45) is 0 Å². The van der Waals surface area contributed by atoms with Crippen LogP contribution in [-0.4, -0.2) is 46.6 Å². The normalized spacial score (nSPS) is 16.6. The monoisotopic (exact) mass is 352 g/mol. The van der Waals surface area contributed by atoms with Gasteiger partial charge in [-0.15, -0.1) is 0 Å². The average Bonchev–Trinajstić information content (AvgIpc) is 2.68. The van der Waals surface area contributed by atoms with E-state index in [1.165, 1.54) is 12.4 Å². The summed E-state index contributed by atoms with van der Waals surface area (Å²) in [5.74, 6) is 0.843. The van der Waals surface area contributed by atoms with Gasteiger partial charge in [0.1, 0.15) is 17.9 Å². The van der Waals surface area contributed by atoms with Crippen LogP contribution in [0.5, 0.6) is 11.6 Å². The van der Waals surface area contributed by atoms with E-state index in [4.69, 9.17) is 14.7 Å². The van der Waals surface area contributed by atoms with Gasteiger partial charge in [-0.3, -0.25) is 4.79 Å². The van der Waals surface area contributed by atoms with Crippen molar-refractivity contribution >= 4 is 5.91 Å². The summed E-state index contributed by atoms with van der Waals surface area (Å²) < 4.78 is 11.5. The lowest BCUT2D eigenvalue weighted by Crippen LogP contribution is -2.46. The van der Waals surface area contributed by atoms with Crippen LogP contribution < -0.4 is 9.47 Å². The predicted octanol–water partition coefficient (Wildman–Crippen LogP) is 2.11. The highest BCUT2D eigenvalue weighted by Crippen LogP contribution is 2.20. The number of piperidine rings is 1. The van der Waals surface area contributed by atoms with E-state index in [-0.39, 0.29) is 30.2 Å². The molecule has 1 aromatic heterocycles. The molecule has 2 heterocycles. The van der Waals surface area contributed by atoms with E-state index in [0.29, 0.717) is 18.8 Å². The Bertz CT molecular complexity index is 818. The standard InChI is InChI=1S/C19H20N4O3/c1-14-5-2-3-7-17(14)25-13-18(24)23-10-4-6-15(12-23)26-19-16(11-20)21-8-9-22-19/h2-3,5,7-9,15H,4,6,10,12-13H2,1H3. The minimum absolute atomic E-state index is 0.00778. The number of ether oxygens (including phenoxy) is 2. The number of para-hydroxylation sites is 1. The van der Waals surface area contributed by atoms with Crippen molar-refractivity contribution in [3.63, 3.8) is 0 Å². The van der Waals surface area contributed by atoms with Gasteiger partial charge in [0.05, 0.1) is 6.54 Å². The Hall–Kier alpha value is -3.14. The zero-order valence-corrected chi connectivity index (χ0v) is 14.6. The molecule has 1 aliphatic rings. The molecule has 1 fully saturated rings. The molecular formula is C19H20N4O3. The Balaban J connectivity index is 1.57. The Kier molecular flexibility index (Phi) is 5.64. The van der Waals surface area contributed by atoms with Crippen molar-refractivity contribution < 1.29 is 14.3 Å². The van der Waals surface area contributed by atoms with Gasteiger partial charge in [-0.2, -0.15) is 5.26 Å². The smallest absolute Gasteiger partial charge is 0.260 e. The summed E-state index contributed by atoms with van der Waals surface area (Å²) in [6, 6.07) is 9.57. The van der Waals surface area contributed by atoms with E-state index in [1.54, 1.807) is 4.90 Å². The lowest BCUT2D eigenvalue weighted by atomic mass is 10.1. The number of benzene rings is 1. The molecule has 7 nitrogen and oxygen atoms in total. The number of carbonyl (C=O) groups is 1. The maximum Gasteiger partial charge on any atom is 0.260 e. The van der Waals surface area contributed by atoms with E-state index >= 15 is 0 Å². The maximum absolute atomic E-state index is 12.5. The van der Waals surface area contributed by atoms with Crippen molar-refractivity contribution in [2.45, 2.75) is 25.9 Å². The second kappa shape index (κ2) is 8.30. The van der Waals surface area contributed by atoms with Gasteiger partial charge in [0.2, 0.25) is 5.69 Å². The van der Waals surface area contributed by atoms with Crippen LogP contribution in [0.1, 0.15) is 24.1 Å². The number of aromatic nitrogens is 2. The summed E-state index contributed by atoms with van der Waals surface area (Å²) in [5, 5.41) is 9.08. The second-order valence-electron chi connectivity index (χ2n) is 6.10. The summed E-state index contributed by atoms with van der Waals surface area (Å²) in [5.41, 5.74) is 1.14. The third-order valence-corrected chi connectivity index (χ3v) is 4.22. The number of aryl methyl sites for hydroxylation is 1. The van der Waals surface area contributed by atoms with Gasteiger partial charge in [-0.25, -0.2) is 9.97 Å². The Morgan fingerprint density at radius 1 is 1.35 bits per heavy atom. The molecule has 26 heavy (non-hydrogen) atoms. The first-order valence-electron chi connectivity index (χ1n) is 8.51. The van der Waals surface area contributed by atoms with Crippen molar-refractivity contribution in [3.05, 3.63) is 47.9 Å². The van der Waals surface area contributed by atoms with Gasteiger partial charge in [-0.1, -0.05) is 18.2 Å². The van der Waals surface area contributed by atoms with Crippen molar-refractivity contribution in [1.29, 1.82) is 5.26 Å². The number of carbonyl (C=O) groups excluding carboxylic acids is 1. The fraction of sp³-hybridized carbons (Fsp3) is 0.368. The lowest BCUT2D eigenvalue weighted by molar-refractivity contribution is -0.136. The van der Waals surface area contributed by atoms with Crippen LogP contribution in [0.3, 0.4) is 0 Å². The number of nitriles is 1. The summed E-state index contributed by atoms with van der Waals surface area (Å²) in [6.45, 7) is 3.04. The highest BCUT2D eigenvalue weighted by molar-refractivity contribution is 5.78. The summed E-state index contributed by atoms with van der Waals surface area (Å²) in [4.78, 5) is 22.2. The quantitative estimate of drug-likeness (QED) is 0.819. The summed E-state index contributed by atoms with van der Waals surface area (Å²) >= 11 is 0. The highest BCUT2D eigenvalue weighted by Gasteiger charge is 2.26. The molecule has 1 unspecified atom stereocenters. The van der Waals surface area contributed by atoms with E-state index < -0.39 is 0 Å².